The number of ether oxygens (including phenoxy) is 2. The highest BCUT2D eigenvalue weighted by atomic mass is 16.7. The van der Waals surface area contributed by atoms with Crippen LogP contribution in [0, 0.1) is 5.92 Å². The third kappa shape index (κ3) is 5.42. The molecule has 2 atom stereocenters. The third-order valence-corrected chi connectivity index (χ3v) is 7.60. The number of fused-ring (bicyclic) bond motifs is 1. The van der Waals surface area contributed by atoms with Gasteiger partial charge in [0, 0.05) is 43.9 Å². The van der Waals surface area contributed by atoms with Crippen LogP contribution in [0.15, 0.2) is 42.7 Å². The predicted octanol–water partition coefficient (Wildman–Crippen LogP) is 2.96. The van der Waals surface area contributed by atoms with Crippen LogP contribution in [0.4, 0.5) is 0 Å². The second-order valence-corrected chi connectivity index (χ2v) is 9.93. The quantitative estimate of drug-likeness (QED) is 0.634. The summed E-state index contributed by atoms with van der Waals surface area (Å²) in [4.78, 5) is 32.6. The zero-order valence-corrected chi connectivity index (χ0v) is 20.0. The molecular weight excluding hydrogens is 444 g/mol. The molecule has 0 bridgehead atoms. The van der Waals surface area contributed by atoms with Crippen LogP contribution in [0.1, 0.15) is 62.0 Å². The van der Waals surface area contributed by atoms with E-state index in [4.69, 9.17) is 15.2 Å². The van der Waals surface area contributed by atoms with Crippen LogP contribution < -0.4 is 20.5 Å². The third-order valence-electron chi connectivity index (χ3n) is 7.60. The summed E-state index contributed by atoms with van der Waals surface area (Å²) in [7, 11) is 0. The molecule has 1 saturated carbocycles. The number of hydrogen-bond donors (Lipinski definition) is 2. The van der Waals surface area contributed by atoms with Gasteiger partial charge in [0.15, 0.2) is 11.5 Å². The van der Waals surface area contributed by atoms with Crippen LogP contribution in [0.2, 0.25) is 0 Å². The Balaban J connectivity index is 1.27. The molecule has 1 aliphatic carbocycles. The molecule has 3 N–H and O–H groups in total. The lowest BCUT2D eigenvalue weighted by molar-refractivity contribution is -0.138. The number of nitrogens with one attached hydrogen (secondary N) is 1. The van der Waals surface area contributed by atoms with Crippen molar-refractivity contribution in [1.29, 1.82) is 0 Å². The maximum absolute atomic E-state index is 13.5. The van der Waals surface area contributed by atoms with E-state index in [1.807, 2.05) is 30.3 Å². The number of nitrogens with two attached hydrogens (primary N) is 1. The Kier molecular flexibility index (Phi) is 7.18. The van der Waals surface area contributed by atoms with Gasteiger partial charge in [-0.25, -0.2) is 0 Å². The number of carbonyl (C=O) groups is 2. The number of nitrogens with zero attached hydrogens (tertiary/aromatic N) is 2. The van der Waals surface area contributed by atoms with Crippen molar-refractivity contribution in [2.24, 2.45) is 11.7 Å². The molecule has 8 heteroatoms. The van der Waals surface area contributed by atoms with Crippen molar-refractivity contribution in [2.75, 3.05) is 19.9 Å². The lowest BCUT2D eigenvalue weighted by Gasteiger charge is -2.29. The lowest BCUT2D eigenvalue weighted by Crippen LogP contribution is -2.47. The number of carbonyl (C=O) groups excluding carboxylic acids is 2. The molecule has 0 spiro atoms. The standard InChI is InChI=1S/C27H34N4O4/c28-21-8-5-18(6-9-21)15-30-27(33)23-4-2-12-31(23)26(32)14-22(20-3-1-11-29-16-20)19-7-10-24-25(13-19)35-17-34-24/h1,3,7,10-11,13,16,18,21-23H,2,4-6,8-9,12,14-15,17,28H2,(H,30,33)/t18?,21?,22-,23+/m1/s1. The summed E-state index contributed by atoms with van der Waals surface area (Å²) in [6, 6.07) is 9.56. The van der Waals surface area contributed by atoms with E-state index < -0.39 is 6.04 Å². The molecule has 2 fully saturated rings. The normalized spacial score (nSPS) is 24.3. The second kappa shape index (κ2) is 10.6. The first-order valence-electron chi connectivity index (χ1n) is 12.7. The van der Waals surface area contributed by atoms with Crippen LogP contribution in [0.3, 0.4) is 0 Å². The SMILES string of the molecule is NC1CCC(CNC(=O)[C@@H]2CCCN2C(=O)C[C@@H](c2cccnc2)c2ccc3c(c2)OCO3)CC1. The number of benzene rings is 1. The van der Waals surface area contributed by atoms with Gasteiger partial charge in [0.2, 0.25) is 18.6 Å². The molecule has 186 valence electrons. The van der Waals surface area contributed by atoms with Crippen molar-refractivity contribution in [1.82, 2.24) is 15.2 Å². The van der Waals surface area contributed by atoms with E-state index >= 15 is 0 Å². The molecule has 1 saturated heterocycles. The summed E-state index contributed by atoms with van der Waals surface area (Å²) in [5, 5.41) is 3.12. The van der Waals surface area contributed by atoms with Crippen molar-refractivity contribution >= 4 is 11.8 Å². The van der Waals surface area contributed by atoms with Gasteiger partial charge in [-0.05, 0) is 73.8 Å². The molecule has 2 amide bonds. The van der Waals surface area contributed by atoms with Gasteiger partial charge >= 0.3 is 0 Å². The molecule has 0 unspecified atom stereocenters. The Morgan fingerprint density at radius 2 is 1.91 bits per heavy atom. The van der Waals surface area contributed by atoms with E-state index in [2.05, 4.69) is 10.3 Å². The largest absolute Gasteiger partial charge is 0.454 e. The van der Waals surface area contributed by atoms with Crippen molar-refractivity contribution in [3.05, 3.63) is 53.9 Å². The summed E-state index contributed by atoms with van der Waals surface area (Å²) in [5.74, 6) is 1.63. The fourth-order valence-corrected chi connectivity index (χ4v) is 5.52. The molecule has 3 aliphatic rings. The van der Waals surface area contributed by atoms with E-state index in [0.717, 1.165) is 43.2 Å². The van der Waals surface area contributed by atoms with Crippen molar-refractivity contribution in [2.45, 2.75) is 62.9 Å². The monoisotopic (exact) mass is 478 g/mol. The highest BCUT2D eigenvalue weighted by Crippen LogP contribution is 2.38. The molecule has 5 rings (SSSR count). The zero-order chi connectivity index (χ0) is 24.2. The molecule has 1 aromatic heterocycles. The Bertz CT molecular complexity index is 1040. The number of amides is 2. The van der Waals surface area contributed by atoms with E-state index in [0.29, 0.717) is 43.0 Å². The minimum atomic E-state index is -0.403. The lowest BCUT2D eigenvalue weighted by atomic mass is 9.86. The number of pyridine rings is 1. The Labute approximate surface area is 206 Å². The smallest absolute Gasteiger partial charge is 0.242 e. The van der Waals surface area contributed by atoms with Gasteiger partial charge in [0.25, 0.3) is 0 Å². The van der Waals surface area contributed by atoms with Crippen molar-refractivity contribution in [3.63, 3.8) is 0 Å². The zero-order valence-electron chi connectivity index (χ0n) is 20.0. The predicted molar refractivity (Wildman–Crippen MR) is 131 cm³/mol. The summed E-state index contributed by atoms with van der Waals surface area (Å²) in [6.07, 6.45) is 9.46. The molecule has 1 aromatic carbocycles. The van der Waals surface area contributed by atoms with Gasteiger partial charge in [0.1, 0.15) is 6.04 Å². The molecule has 8 nitrogen and oxygen atoms in total. The highest BCUT2D eigenvalue weighted by Gasteiger charge is 2.35. The minimum absolute atomic E-state index is 0.0159. The molecule has 3 heterocycles. The number of likely N-dealkylation sites (tertiary alicyclic amines) is 1. The van der Waals surface area contributed by atoms with Crippen LogP contribution in [0.25, 0.3) is 0 Å². The molecule has 35 heavy (non-hydrogen) atoms. The summed E-state index contributed by atoms with van der Waals surface area (Å²) >= 11 is 0. The first-order chi connectivity index (χ1) is 17.1. The van der Waals surface area contributed by atoms with E-state index in [-0.39, 0.29) is 30.9 Å². The summed E-state index contributed by atoms with van der Waals surface area (Å²) < 4.78 is 11.0. The second-order valence-electron chi connectivity index (χ2n) is 9.93. The number of aromatic nitrogens is 1. The van der Waals surface area contributed by atoms with E-state index in [1.165, 1.54) is 0 Å². The Hall–Kier alpha value is -3.13. The Morgan fingerprint density at radius 1 is 1.09 bits per heavy atom. The van der Waals surface area contributed by atoms with Gasteiger partial charge in [-0.3, -0.25) is 14.6 Å². The Morgan fingerprint density at radius 3 is 2.71 bits per heavy atom. The van der Waals surface area contributed by atoms with Gasteiger partial charge in [-0.2, -0.15) is 0 Å². The average molecular weight is 479 g/mol. The van der Waals surface area contributed by atoms with Crippen LogP contribution >= 0.6 is 0 Å². The maximum atomic E-state index is 13.5. The fraction of sp³-hybridized carbons (Fsp3) is 0.519. The first-order valence-corrected chi connectivity index (χ1v) is 12.7. The highest BCUT2D eigenvalue weighted by molar-refractivity contribution is 5.88. The average Bonchev–Trinajstić information content (AvgIpc) is 3.57. The van der Waals surface area contributed by atoms with E-state index in [1.54, 1.807) is 17.3 Å². The number of hydrogen-bond acceptors (Lipinski definition) is 6. The van der Waals surface area contributed by atoms with Gasteiger partial charge in [-0.1, -0.05) is 12.1 Å². The number of rotatable bonds is 7. The summed E-state index contributed by atoms with van der Waals surface area (Å²) in [6.45, 7) is 1.48. The fourth-order valence-electron chi connectivity index (χ4n) is 5.52. The van der Waals surface area contributed by atoms with Crippen LogP contribution in [0.5, 0.6) is 11.5 Å². The van der Waals surface area contributed by atoms with Gasteiger partial charge in [-0.15, -0.1) is 0 Å². The van der Waals surface area contributed by atoms with Gasteiger partial charge < -0.3 is 25.4 Å². The molecule has 2 aliphatic heterocycles. The molecule has 0 radical (unpaired) electrons. The van der Waals surface area contributed by atoms with Crippen LogP contribution in [-0.2, 0) is 9.59 Å². The molecule has 2 aromatic rings. The van der Waals surface area contributed by atoms with Crippen molar-refractivity contribution in [3.8, 4) is 11.5 Å². The first kappa shape index (κ1) is 23.6. The summed E-state index contributed by atoms with van der Waals surface area (Å²) in [5.41, 5.74) is 7.92. The van der Waals surface area contributed by atoms with Crippen LogP contribution in [-0.4, -0.2) is 53.7 Å². The maximum Gasteiger partial charge on any atom is 0.242 e. The topological polar surface area (TPSA) is 107 Å². The minimum Gasteiger partial charge on any atom is -0.454 e. The van der Waals surface area contributed by atoms with Gasteiger partial charge in [0.05, 0.1) is 0 Å². The molecular formula is C27H34N4O4. The van der Waals surface area contributed by atoms with Crippen molar-refractivity contribution < 1.29 is 19.1 Å². The van der Waals surface area contributed by atoms with E-state index in [9.17, 15) is 9.59 Å².